The molecule has 4 aromatic carbocycles. The summed E-state index contributed by atoms with van der Waals surface area (Å²) in [7, 11) is 0. The SMILES string of the molecule is CC(C)(C)c1ccnc(-c2[c-]c(Oc3[c-]c4c(cc3)c3cccnc3n3c5ccccc5nc43)c3ccccc3c2)c1.[Pt+2]. The molecule has 5 nitrogen and oxygen atoms in total. The van der Waals surface area contributed by atoms with Gasteiger partial charge in [-0.05, 0) is 46.3 Å². The third kappa shape index (κ3) is 4.56. The Morgan fingerprint density at radius 2 is 1.53 bits per heavy atom. The Morgan fingerprint density at radius 3 is 2.42 bits per heavy atom. The molecule has 210 valence electrons. The first-order valence-corrected chi connectivity index (χ1v) is 14.0. The molecule has 0 atom stereocenters. The van der Waals surface area contributed by atoms with Crippen LogP contribution in [0.1, 0.15) is 26.3 Å². The molecular weight excluding hydrogens is 712 g/mol. The van der Waals surface area contributed by atoms with Crippen molar-refractivity contribution in [2.75, 3.05) is 0 Å². The van der Waals surface area contributed by atoms with Crippen LogP contribution in [0.4, 0.5) is 0 Å². The molecule has 0 saturated carbocycles. The van der Waals surface area contributed by atoms with Gasteiger partial charge < -0.3 is 14.1 Å². The number of imidazole rings is 1. The maximum absolute atomic E-state index is 6.60. The van der Waals surface area contributed by atoms with Crippen LogP contribution in [-0.4, -0.2) is 19.4 Å². The first kappa shape index (κ1) is 27.2. The summed E-state index contributed by atoms with van der Waals surface area (Å²) in [6, 6.07) is 37.9. The molecular formula is C37H26N4OPt. The van der Waals surface area contributed by atoms with E-state index in [0.717, 1.165) is 60.5 Å². The van der Waals surface area contributed by atoms with Gasteiger partial charge in [0.05, 0.1) is 22.4 Å². The predicted molar refractivity (Wildman–Crippen MR) is 169 cm³/mol. The second-order valence-electron chi connectivity index (χ2n) is 11.6. The zero-order valence-electron chi connectivity index (χ0n) is 23.8. The Balaban J connectivity index is 0.00000300. The normalized spacial score (nSPS) is 11.9. The second-order valence-corrected chi connectivity index (χ2v) is 11.6. The molecule has 0 fully saturated rings. The van der Waals surface area contributed by atoms with Gasteiger partial charge in [-0.2, -0.15) is 0 Å². The summed E-state index contributed by atoms with van der Waals surface area (Å²) < 4.78 is 8.72. The molecule has 0 unspecified atom stereocenters. The molecule has 8 aromatic rings. The van der Waals surface area contributed by atoms with Crippen LogP contribution >= 0.6 is 0 Å². The van der Waals surface area contributed by atoms with Crippen LogP contribution in [-0.2, 0) is 26.5 Å². The maximum atomic E-state index is 6.60. The minimum Gasteiger partial charge on any atom is -0.496 e. The Kier molecular flexibility index (Phi) is 6.52. The summed E-state index contributed by atoms with van der Waals surface area (Å²) in [4.78, 5) is 14.4. The van der Waals surface area contributed by atoms with Crippen molar-refractivity contribution in [2.45, 2.75) is 26.2 Å². The zero-order chi connectivity index (χ0) is 28.4. The molecule has 0 bridgehead atoms. The average molecular weight is 738 g/mol. The van der Waals surface area contributed by atoms with Crippen LogP contribution < -0.4 is 4.74 Å². The third-order valence-electron chi connectivity index (χ3n) is 7.86. The summed E-state index contributed by atoms with van der Waals surface area (Å²) in [5, 5.41) is 4.98. The van der Waals surface area contributed by atoms with Gasteiger partial charge in [-0.1, -0.05) is 109 Å². The van der Waals surface area contributed by atoms with Crippen LogP contribution in [0, 0.1) is 12.1 Å². The second kappa shape index (κ2) is 10.3. The first-order chi connectivity index (χ1) is 20.4. The van der Waals surface area contributed by atoms with E-state index in [4.69, 9.17) is 19.7 Å². The molecule has 8 rings (SSSR count). The van der Waals surface area contributed by atoms with Gasteiger partial charge >= 0.3 is 21.1 Å². The first-order valence-electron chi connectivity index (χ1n) is 14.0. The predicted octanol–water partition coefficient (Wildman–Crippen LogP) is 9.09. The van der Waals surface area contributed by atoms with Crippen molar-refractivity contribution in [3.05, 3.63) is 121 Å². The minimum atomic E-state index is 0. The third-order valence-corrected chi connectivity index (χ3v) is 7.86. The molecule has 43 heavy (non-hydrogen) atoms. The number of rotatable bonds is 3. The Bertz CT molecular complexity index is 2340. The number of ether oxygens (including phenoxy) is 1. The molecule has 4 heterocycles. The summed E-state index contributed by atoms with van der Waals surface area (Å²) in [5.74, 6) is 1.23. The number of para-hydroxylation sites is 2. The summed E-state index contributed by atoms with van der Waals surface area (Å²) >= 11 is 0. The van der Waals surface area contributed by atoms with Gasteiger partial charge in [0.25, 0.3) is 0 Å². The summed E-state index contributed by atoms with van der Waals surface area (Å²) in [5.41, 5.74) is 6.57. The quantitative estimate of drug-likeness (QED) is 0.134. The molecule has 0 aliphatic heterocycles. The van der Waals surface area contributed by atoms with Crippen molar-refractivity contribution < 1.29 is 25.8 Å². The van der Waals surface area contributed by atoms with E-state index in [1.165, 1.54) is 5.56 Å². The molecule has 0 radical (unpaired) electrons. The Labute approximate surface area is 263 Å². The number of benzene rings is 4. The van der Waals surface area contributed by atoms with Crippen molar-refractivity contribution in [3.8, 4) is 22.8 Å². The van der Waals surface area contributed by atoms with Gasteiger partial charge in [0.15, 0.2) is 0 Å². The molecule has 0 amide bonds. The van der Waals surface area contributed by atoms with Gasteiger partial charge in [0.1, 0.15) is 5.65 Å². The molecule has 6 heteroatoms. The van der Waals surface area contributed by atoms with Crippen LogP contribution in [0.3, 0.4) is 0 Å². The smallest absolute Gasteiger partial charge is 0.496 e. The molecule has 0 aliphatic carbocycles. The standard InChI is InChI=1S/C37H26N4O.Pt/c1-37(2,3)25-16-18-38-32(21-25)24-19-23-9-4-5-10-27(23)34(20-24)42-26-14-15-28-29-11-8-17-39-35(29)41-33-13-7-6-12-31(33)40-36(41)30(28)22-26;/h4-19,21H,1-3H3;/q-2;+2. The Morgan fingerprint density at radius 1 is 0.721 bits per heavy atom. The molecule has 0 aliphatic rings. The van der Waals surface area contributed by atoms with Crippen LogP contribution in [0.2, 0.25) is 0 Å². The number of nitrogens with zero attached hydrogens (tertiary/aromatic N) is 4. The van der Waals surface area contributed by atoms with E-state index in [9.17, 15) is 0 Å². The fraction of sp³-hybridized carbons (Fsp3) is 0.108. The van der Waals surface area contributed by atoms with Crippen LogP contribution in [0.15, 0.2) is 103 Å². The van der Waals surface area contributed by atoms with E-state index < -0.39 is 0 Å². The molecule has 0 saturated heterocycles. The number of hydrogen-bond donors (Lipinski definition) is 0. The average Bonchev–Trinajstić information content (AvgIpc) is 3.41. The topological polar surface area (TPSA) is 52.3 Å². The fourth-order valence-electron chi connectivity index (χ4n) is 5.71. The van der Waals surface area contributed by atoms with Gasteiger partial charge in [0, 0.05) is 18.1 Å². The van der Waals surface area contributed by atoms with Crippen molar-refractivity contribution in [1.29, 1.82) is 0 Å². The van der Waals surface area contributed by atoms with E-state index in [-0.39, 0.29) is 26.5 Å². The summed E-state index contributed by atoms with van der Waals surface area (Å²) in [6.45, 7) is 6.62. The summed E-state index contributed by atoms with van der Waals surface area (Å²) in [6.07, 6.45) is 3.69. The largest absolute Gasteiger partial charge is 2.00 e. The van der Waals surface area contributed by atoms with E-state index in [1.54, 1.807) is 0 Å². The van der Waals surface area contributed by atoms with Crippen molar-refractivity contribution in [2.24, 2.45) is 0 Å². The van der Waals surface area contributed by atoms with Gasteiger partial charge in [-0.3, -0.25) is 4.98 Å². The van der Waals surface area contributed by atoms with E-state index in [2.05, 4.69) is 85.8 Å². The Hall–Kier alpha value is -4.60. The number of aromatic nitrogens is 4. The molecule has 4 aromatic heterocycles. The van der Waals surface area contributed by atoms with Gasteiger partial charge in [-0.15, -0.1) is 17.7 Å². The van der Waals surface area contributed by atoms with Gasteiger partial charge in [0.2, 0.25) is 0 Å². The van der Waals surface area contributed by atoms with E-state index in [1.807, 2.05) is 54.9 Å². The number of pyridine rings is 3. The minimum absolute atomic E-state index is 0. The molecule has 0 N–H and O–H groups in total. The van der Waals surface area contributed by atoms with Crippen molar-refractivity contribution in [1.82, 2.24) is 19.4 Å². The van der Waals surface area contributed by atoms with Crippen LogP contribution in [0.25, 0.3) is 60.5 Å². The van der Waals surface area contributed by atoms with E-state index >= 15 is 0 Å². The van der Waals surface area contributed by atoms with Crippen molar-refractivity contribution in [3.63, 3.8) is 0 Å². The molecule has 0 spiro atoms. The van der Waals surface area contributed by atoms with Crippen molar-refractivity contribution >= 4 is 49.3 Å². The maximum Gasteiger partial charge on any atom is 2.00 e. The number of fused-ring (bicyclic) bond motifs is 9. The monoisotopic (exact) mass is 737 g/mol. The van der Waals surface area contributed by atoms with E-state index in [0.29, 0.717) is 11.5 Å². The fourth-order valence-corrected chi connectivity index (χ4v) is 5.71. The zero-order valence-corrected chi connectivity index (χ0v) is 26.1. The van der Waals surface area contributed by atoms with Crippen LogP contribution in [0.5, 0.6) is 11.5 Å². The number of hydrogen-bond acceptors (Lipinski definition) is 4. The van der Waals surface area contributed by atoms with Gasteiger partial charge in [-0.25, -0.2) is 4.98 Å².